The molecule has 0 saturated carbocycles. The summed E-state index contributed by atoms with van der Waals surface area (Å²) in [5.74, 6) is 0.815. The number of quaternary nitrogens is 2. The molecule has 0 amide bonds. The monoisotopic (exact) mass is 312 g/mol. The molecule has 1 aromatic carbocycles. The molecule has 1 aromatic rings. The molecule has 0 aliphatic carbocycles. The van der Waals surface area contributed by atoms with Gasteiger partial charge in [0.1, 0.15) is 45.1 Å². The van der Waals surface area contributed by atoms with E-state index in [4.69, 9.17) is 16.3 Å². The van der Waals surface area contributed by atoms with Crippen LogP contribution in [0.2, 0.25) is 5.02 Å². The standard InChI is InChI=1S/C17H27ClN2O/c1-4-17(2,3)14-5-6-16(15(18)13-14)21-12-11-20-9-7-19-8-10-20/h5-6,13,19H,4,7-12H2,1-3H3/p+2. The van der Waals surface area contributed by atoms with E-state index < -0.39 is 0 Å². The van der Waals surface area contributed by atoms with Crippen molar-refractivity contribution in [2.75, 3.05) is 39.3 Å². The molecule has 2 rings (SSSR count). The molecule has 0 unspecified atom stereocenters. The van der Waals surface area contributed by atoms with Crippen molar-refractivity contribution in [3.8, 4) is 5.75 Å². The zero-order valence-corrected chi connectivity index (χ0v) is 14.3. The maximum Gasteiger partial charge on any atom is 0.138 e. The van der Waals surface area contributed by atoms with Crippen molar-refractivity contribution in [1.82, 2.24) is 0 Å². The van der Waals surface area contributed by atoms with Crippen molar-refractivity contribution >= 4 is 11.6 Å². The van der Waals surface area contributed by atoms with Crippen LogP contribution >= 0.6 is 11.6 Å². The third kappa shape index (κ3) is 4.60. The fourth-order valence-corrected chi connectivity index (χ4v) is 2.92. The van der Waals surface area contributed by atoms with E-state index in [2.05, 4.69) is 38.2 Å². The third-order valence-corrected chi connectivity index (χ3v) is 5.01. The molecule has 0 spiro atoms. The number of halogens is 1. The van der Waals surface area contributed by atoms with Gasteiger partial charge in [-0.25, -0.2) is 0 Å². The van der Waals surface area contributed by atoms with E-state index in [1.165, 1.54) is 31.7 Å². The van der Waals surface area contributed by atoms with Gasteiger partial charge in [0.25, 0.3) is 0 Å². The summed E-state index contributed by atoms with van der Waals surface area (Å²) in [7, 11) is 0. The molecule has 0 atom stereocenters. The van der Waals surface area contributed by atoms with E-state index in [0.717, 1.165) is 30.3 Å². The van der Waals surface area contributed by atoms with Crippen LogP contribution in [0.25, 0.3) is 0 Å². The zero-order chi connectivity index (χ0) is 15.3. The summed E-state index contributed by atoms with van der Waals surface area (Å²) in [6.45, 7) is 13.4. The Bertz CT molecular complexity index is 456. The van der Waals surface area contributed by atoms with Crippen molar-refractivity contribution in [2.24, 2.45) is 0 Å². The van der Waals surface area contributed by atoms with E-state index in [1.54, 1.807) is 4.90 Å². The van der Waals surface area contributed by atoms with Crippen molar-refractivity contribution in [3.63, 3.8) is 0 Å². The van der Waals surface area contributed by atoms with Gasteiger partial charge in [-0.1, -0.05) is 38.4 Å². The average molecular weight is 313 g/mol. The Balaban J connectivity index is 1.89. The Morgan fingerprint density at radius 3 is 2.62 bits per heavy atom. The number of hydrogen-bond acceptors (Lipinski definition) is 1. The third-order valence-electron chi connectivity index (χ3n) is 4.71. The van der Waals surface area contributed by atoms with Crippen LogP contribution in [0.3, 0.4) is 0 Å². The molecule has 1 aliphatic heterocycles. The lowest BCUT2D eigenvalue weighted by Gasteiger charge is -2.24. The lowest BCUT2D eigenvalue weighted by atomic mass is 9.82. The molecule has 1 heterocycles. The highest BCUT2D eigenvalue weighted by molar-refractivity contribution is 6.32. The summed E-state index contributed by atoms with van der Waals surface area (Å²) < 4.78 is 5.88. The number of hydrogen-bond donors (Lipinski definition) is 2. The molecule has 3 N–H and O–H groups in total. The fraction of sp³-hybridized carbons (Fsp3) is 0.647. The Kier molecular flexibility index (Phi) is 5.91. The number of ether oxygens (including phenoxy) is 1. The van der Waals surface area contributed by atoms with Crippen molar-refractivity contribution in [3.05, 3.63) is 28.8 Å². The molecule has 1 aliphatic rings. The second kappa shape index (κ2) is 7.48. The maximum atomic E-state index is 6.38. The van der Waals surface area contributed by atoms with Crippen LogP contribution in [0, 0.1) is 0 Å². The second-order valence-corrected chi connectivity index (χ2v) is 7.00. The molecule has 3 nitrogen and oxygen atoms in total. The minimum atomic E-state index is 0.163. The average Bonchev–Trinajstić information content (AvgIpc) is 2.50. The molecular weight excluding hydrogens is 284 g/mol. The molecule has 1 fully saturated rings. The summed E-state index contributed by atoms with van der Waals surface area (Å²) >= 11 is 6.38. The Morgan fingerprint density at radius 2 is 2.00 bits per heavy atom. The first-order valence-corrected chi connectivity index (χ1v) is 8.49. The fourth-order valence-electron chi connectivity index (χ4n) is 2.68. The van der Waals surface area contributed by atoms with E-state index >= 15 is 0 Å². The molecule has 118 valence electrons. The Hall–Kier alpha value is -0.770. The SMILES string of the molecule is CCC(C)(C)c1ccc(OCC[NH+]2CC[NH2+]CC2)c(Cl)c1. The van der Waals surface area contributed by atoms with Crippen molar-refractivity contribution in [2.45, 2.75) is 32.6 Å². The van der Waals surface area contributed by atoms with Gasteiger partial charge in [0.2, 0.25) is 0 Å². The van der Waals surface area contributed by atoms with Crippen LogP contribution in [0.1, 0.15) is 32.8 Å². The second-order valence-electron chi connectivity index (χ2n) is 6.60. The van der Waals surface area contributed by atoms with Crippen LogP contribution in [-0.2, 0) is 5.41 Å². The van der Waals surface area contributed by atoms with Gasteiger partial charge < -0.3 is 15.0 Å². The molecule has 0 aromatic heterocycles. The van der Waals surface area contributed by atoms with Crippen LogP contribution in [0.15, 0.2) is 18.2 Å². The summed E-state index contributed by atoms with van der Waals surface area (Å²) in [6.07, 6.45) is 1.10. The maximum absolute atomic E-state index is 6.38. The van der Waals surface area contributed by atoms with Gasteiger partial charge in [0.05, 0.1) is 5.02 Å². The van der Waals surface area contributed by atoms with E-state index in [9.17, 15) is 0 Å². The Labute approximate surface area is 133 Å². The van der Waals surface area contributed by atoms with Gasteiger partial charge in [0, 0.05) is 0 Å². The highest BCUT2D eigenvalue weighted by Gasteiger charge is 2.19. The lowest BCUT2D eigenvalue weighted by molar-refractivity contribution is -0.946. The lowest BCUT2D eigenvalue weighted by Crippen LogP contribution is -3.20. The first-order valence-electron chi connectivity index (χ1n) is 8.11. The van der Waals surface area contributed by atoms with Crippen LogP contribution < -0.4 is 15.0 Å². The van der Waals surface area contributed by atoms with Gasteiger partial charge in [-0.3, -0.25) is 0 Å². The zero-order valence-electron chi connectivity index (χ0n) is 13.5. The predicted molar refractivity (Wildman–Crippen MR) is 87.5 cm³/mol. The van der Waals surface area contributed by atoms with Gasteiger partial charge in [-0.2, -0.15) is 0 Å². The molecule has 1 saturated heterocycles. The molecular formula is C17H29ClN2O+2. The van der Waals surface area contributed by atoms with Gasteiger partial charge in [-0.05, 0) is 29.5 Å². The van der Waals surface area contributed by atoms with Gasteiger partial charge in [0.15, 0.2) is 0 Å². The van der Waals surface area contributed by atoms with E-state index in [0.29, 0.717) is 0 Å². The highest BCUT2D eigenvalue weighted by atomic mass is 35.5. The summed E-state index contributed by atoms with van der Waals surface area (Å²) in [5, 5.41) is 3.12. The van der Waals surface area contributed by atoms with Gasteiger partial charge >= 0.3 is 0 Å². The minimum Gasteiger partial charge on any atom is -0.486 e. The largest absolute Gasteiger partial charge is 0.486 e. The Morgan fingerprint density at radius 1 is 1.29 bits per heavy atom. The molecule has 0 radical (unpaired) electrons. The predicted octanol–water partition coefficient (Wildman–Crippen LogP) is 0.868. The minimum absolute atomic E-state index is 0.163. The summed E-state index contributed by atoms with van der Waals surface area (Å²) in [6, 6.07) is 6.23. The quantitative estimate of drug-likeness (QED) is 0.802. The first kappa shape index (κ1) is 16.6. The topological polar surface area (TPSA) is 30.3 Å². The molecule has 4 heteroatoms. The van der Waals surface area contributed by atoms with Crippen molar-refractivity contribution in [1.29, 1.82) is 0 Å². The van der Waals surface area contributed by atoms with Crippen LogP contribution in [0.5, 0.6) is 5.75 Å². The molecule has 0 bridgehead atoms. The number of nitrogens with two attached hydrogens (primary N) is 1. The van der Waals surface area contributed by atoms with Crippen LogP contribution in [-0.4, -0.2) is 39.3 Å². The number of benzene rings is 1. The van der Waals surface area contributed by atoms with Crippen LogP contribution in [0.4, 0.5) is 0 Å². The number of piperazine rings is 1. The summed E-state index contributed by atoms with van der Waals surface area (Å²) in [5.41, 5.74) is 1.44. The number of rotatable bonds is 6. The van der Waals surface area contributed by atoms with Gasteiger partial charge in [-0.15, -0.1) is 0 Å². The van der Waals surface area contributed by atoms with E-state index in [-0.39, 0.29) is 5.41 Å². The smallest absolute Gasteiger partial charge is 0.138 e. The molecule has 21 heavy (non-hydrogen) atoms. The van der Waals surface area contributed by atoms with E-state index in [1.807, 2.05) is 6.07 Å². The highest BCUT2D eigenvalue weighted by Crippen LogP contribution is 2.33. The number of nitrogens with one attached hydrogen (secondary N) is 1. The first-order chi connectivity index (χ1) is 10.0. The summed E-state index contributed by atoms with van der Waals surface area (Å²) in [4.78, 5) is 1.64. The normalized spacial score (nSPS) is 17.0. The van der Waals surface area contributed by atoms with Crippen molar-refractivity contribution < 1.29 is 15.0 Å².